The van der Waals surface area contributed by atoms with Crippen molar-refractivity contribution in [2.24, 2.45) is 0 Å². The van der Waals surface area contributed by atoms with Crippen molar-refractivity contribution in [1.29, 1.82) is 0 Å². The lowest BCUT2D eigenvalue weighted by Gasteiger charge is -2.08. The Bertz CT molecular complexity index is 820. The first-order valence-corrected chi connectivity index (χ1v) is 7.48. The van der Waals surface area contributed by atoms with E-state index in [1.54, 1.807) is 0 Å². The minimum Gasteiger partial charge on any atom is -0.325 e. The number of pyridine rings is 1. The summed E-state index contributed by atoms with van der Waals surface area (Å²) in [4.78, 5) is 16.8. The Morgan fingerprint density at radius 1 is 1.23 bits per heavy atom. The molecule has 0 unspecified atom stereocenters. The van der Waals surface area contributed by atoms with E-state index in [1.807, 2.05) is 60.1 Å². The first kappa shape index (κ1) is 14.3. The van der Waals surface area contributed by atoms with Crippen LogP contribution < -0.4 is 5.32 Å². The molecule has 4 heteroatoms. The number of imidazole rings is 1. The molecular weight excluding hydrogens is 274 g/mol. The van der Waals surface area contributed by atoms with Crippen LogP contribution in [0.5, 0.6) is 0 Å². The zero-order valence-corrected chi connectivity index (χ0v) is 12.8. The molecule has 0 atom stereocenters. The Morgan fingerprint density at radius 2 is 2.05 bits per heavy atom. The van der Waals surface area contributed by atoms with Crippen molar-refractivity contribution < 1.29 is 4.79 Å². The molecule has 0 saturated heterocycles. The molecule has 0 radical (unpaired) electrons. The van der Waals surface area contributed by atoms with Gasteiger partial charge in [0.1, 0.15) is 5.65 Å². The SMILES string of the molecule is CCc1ccccc1NC(=O)Cc1cn2cccc(C)c2n1. The summed E-state index contributed by atoms with van der Waals surface area (Å²) in [6, 6.07) is 11.9. The maximum Gasteiger partial charge on any atom is 0.230 e. The van der Waals surface area contributed by atoms with E-state index in [1.165, 1.54) is 0 Å². The van der Waals surface area contributed by atoms with Crippen LogP contribution in [0.2, 0.25) is 0 Å². The second-order valence-electron chi connectivity index (χ2n) is 5.39. The van der Waals surface area contributed by atoms with Crippen LogP contribution in [0, 0.1) is 6.92 Å². The topological polar surface area (TPSA) is 46.4 Å². The van der Waals surface area contributed by atoms with Crippen molar-refractivity contribution in [3.63, 3.8) is 0 Å². The van der Waals surface area contributed by atoms with Crippen LogP contribution in [0.15, 0.2) is 48.8 Å². The minimum absolute atomic E-state index is 0.0399. The molecule has 0 bridgehead atoms. The van der Waals surface area contributed by atoms with Crippen molar-refractivity contribution in [3.05, 3.63) is 65.6 Å². The lowest BCUT2D eigenvalue weighted by atomic mass is 10.1. The molecular formula is C18H19N3O. The third-order valence-corrected chi connectivity index (χ3v) is 3.74. The number of benzene rings is 1. The van der Waals surface area contributed by atoms with Crippen molar-refractivity contribution >= 4 is 17.2 Å². The Hall–Kier alpha value is -2.62. The van der Waals surface area contributed by atoms with E-state index in [4.69, 9.17) is 0 Å². The highest BCUT2D eigenvalue weighted by atomic mass is 16.1. The average molecular weight is 293 g/mol. The van der Waals surface area contributed by atoms with Gasteiger partial charge in [-0.3, -0.25) is 4.79 Å². The summed E-state index contributed by atoms with van der Waals surface area (Å²) in [5.41, 5.74) is 4.81. The lowest BCUT2D eigenvalue weighted by Crippen LogP contribution is -2.15. The fraction of sp³-hybridized carbons (Fsp3) is 0.222. The number of aryl methyl sites for hydroxylation is 2. The van der Waals surface area contributed by atoms with E-state index in [0.717, 1.165) is 34.6 Å². The molecule has 0 saturated carbocycles. The van der Waals surface area contributed by atoms with Gasteiger partial charge in [-0.2, -0.15) is 0 Å². The number of nitrogens with zero attached hydrogens (tertiary/aromatic N) is 2. The van der Waals surface area contributed by atoms with Crippen LogP contribution >= 0.6 is 0 Å². The Kier molecular flexibility index (Phi) is 3.92. The predicted molar refractivity (Wildman–Crippen MR) is 88.1 cm³/mol. The van der Waals surface area contributed by atoms with Crippen LogP contribution in [-0.4, -0.2) is 15.3 Å². The van der Waals surface area contributed by atoms with Gasteiger partial charge < -0.3 is 9.72 Å². The molecule has 0 aliphatic carbocycles. The third-order valence-electron chi connectivity index (χ3n) is 3.74. The Morgan fingerprint density at radius 3 is 2.82 bits per heavy atom. The predicted octanol–water partition coefficient (Wildman–Crippen LogP) is 3.39. The Balaban J connectivity index is 1.77. The maximum absolute atomic E-state index is 12.3. The molecule has 112 valence electrons. The van der Waals surface area contributed by atoms with E-state index < -0.39 is 0 Å². The summed E-state index contributed by atoms with van der Waals surface area (Å²) >= 11 is 0. The Labute approximate surface area is 129 Å². The highest BCUT2D eigenvalue weighted by molar-refractivity contribution is 5.92. The molecule has 2 aromatic heterocycles. The summed E-state index contributed by atoms with van der Waals surface area (Å²) in [6.45, 7) is 4.10. The van der Waals surface area contributed by atoms with Crippen LogP contribution in [0.1, 0.15) is 23.7 Å². The fourth-order valence-corrected chi connectivity index (χ4v) is 2.60. The van der Waals surface area contributed by atoms with Crippen molar-refractivity contribution in [2.75, 3.05) is 5.32 Å². The molecule has 0 fully saturated rings. The standard InChI is InChI=1S/C18H19N3O/c1-3-14-8-4-5-9-16(14)20-17(22)11-15-12-21-10-6-7-13(2)18(21)19-15/h4-10,12H,3,11H2,1-2H3,(H,20,22). The first-order chi connectivity index (χ1) is 10.7. The van der Waals surface area contributed by atoms with Gasteiger partial charge in [0.25, 0.3) is 0 Å². The number of fused-ring (bicyclic) bond motifs is 1. The van der Waals surface area contributed by atoms with Crippen LogP contribution in [-0.2, 0) is 17.6 Å². The second kappa shape index (κ2) is 6.02. The maximum atomic E-state index is 12.3. The summed E-state index contributed by atoms with van der Waals surface area (Å²) in [5.74, 6) is -0.0399. The van der Waals surface area contributed by atoms with Crippen molar-refractivity contribution in [3.8, 4) is 0 Å². The summed E-state index contributed by atoms with van der Waals surface area (Å²) in [6.07, 6.45) is 5.03. The number of carbonyl (C=O) groups is 1. The number of hydrogen-bond acceptors (Lipinski definition) is 2. The molecule has 0 aliphatic rings. The van der Waals surface area contributed by atoms with E-state index in [9.17, 15) is 4.79 Å². The smallest absolute Gasteiger partial charge is 0.230 e. The van der Waals surface area contributed by atoms with Gasteiger partial charge >= 0.3 is 0 Å². The number of aromatic nitrogens is 2. The second-order valence-corrected chi connectivity index (χ2v) is 5.39. The van der Waals surface area contributed by atoms with Gasteiger partial charge in [-0.05, 0) is 36.6 Å². The summed E-state index contributed by atoms with van der Waals surface area (Å²) < 4.78 is 1.96. The van der Waals surface area contributed by atoms with E-state index in [-0.39, 0.29) is 12.3 Å². The molecule has 2 heterocycles. The van der Waals surface area contributed by atoms with E-state index >= 15 is 0 Å². The van der Waals surface area contributed by atoms with Gasteiger partial charge in [-0.25, -0.2) is 4.98 Å². The zero-order chi connectivity index (χ0) is 15.5. The number of carbonyl (C=O) groups excluding carboxylic acids is 1. The number of anilines is 1. The molecule has 1 N–H and O–H groups in total. The first-order valence-electron chi connectivity index (χ1n) is 7.48. The highest BCUT2D eigenvalue weighted by Crippen LogP contribution is 2.16. The number of hydrogen-bond donors (Lipinski definition) is 1. The molecule has 0 aliphatic heterocycles. The molecule has 3 rings (SSSR count). The van der Waals surface area contributed by atoms with Crippen LogP contribution in [0.25, 0.3) is 5.65 Å². The summed E-state index contributed by atoms with van der Waals surface area (Å²) in [5, 5.41) is 2.98. The number of para-hydroxylation sites is 1. The number of nitrogens with one attached hydrogen (secondary N) is 1. The largest absolute Gasteiger partial charge is 0.325 e. The molecule has 1 amide bonds. The highest BCUT2D eigenvalue weighted by Gasteiger charge is 2.10. The van der Waals surface area contributed by atoms with Crippen LogP contribution in [0.4, 0.5) is 5.69 Å². The normalized spacial score (nSPS) is 10.8. The van der Waals surface area contributed by atoms with Gasteiger partial charge in [0.2, 0.25) is 5.91 Å². The van der Waals surface area contributed by atoms with Gasteiger partial charge in [0.15, 0.2) is 0 Å². The van der Waals surface area contributed by atoms with Gasteiger partial charge in [0, 0.05) is 18.1 Å². The molecule has 3 aromatic rings. The van der Waals surface area contributed by atoms with Crippen LogP contribution in [0.3, 0.4) is 0 Å². The third kappa shape index (κ3) is 2.86. The molecule has 4 nitrogen and oxygen atoms in total. The van der Waals surface area contributed by atoms with Gasteiger partial charge in [0.05, 0.1) is 12.1 Å². The van der Waals surface area contributed by atoms with Gasteiger partial charge in [-0.1, -0.05) is 31.2 Å². The molecule has 1 aromatic carbocycles. The molecule has 0 spiro atoms. The van der Waals surface area contributed by atoms with E-state index in [0.29, 0.717) is 0 Å². The lowest BCUT2D eigenvalue weighted by molar-refractivity contribution is -0.115. The molecule has 22 heavy (non-hydrogen) atoms. The van der Waals surface area contributed by atoms with Gasteiger partial charge in [-0.15, -0.1) is 0 Å². The number of rotatable bonds is 4. The van der Waals surface area contributed by atoms with Crippen molar-refractivity contribution in [2.45, 2.75) is 26.7 Å². The summed E-state index contributed by atoms with van der Waals surface area (Å²) in [7, 11) is 0. The zero-order valence-electron chi connectivity index (χ0n) is 12.8. The van der Waals surface area contributed by atoms with Crippen molar-refractivity contribution in [1.82, 2.24) is 9.38 Å². The minimum atomic E-state index is -0.0399. The van der Waals surface area contributed by atoms with E-state index in [2.05, 4.69) is 17.2 Å². The fourth-order valence-electron chi connectivity index (χ4n) is 2.60. The quantitative estimate of drug-likeness (QED) is 0.801. The average Bonchev–Trinajstić information content (AvgIpc) is 2.91. The monoisotopic (exact) mass is 293 g/mol. The number of amides is 1.